The predicted octanol–water partition coefficient (Wildman–Crippen LogP) is 4.75. The van der Waals surface area contributed by atoms with Gasteiger partial charge in [0.25, 0.3) is 5.91 Å². The Labute approximate surface area is 184 Å². The Balaban J connectivity index is 2.17. The van der Waals surface area contributed by atoms with Crippen molar-refractivity contribution in [3.05, 3.63) is 64.7 Å². The molecule has 1 N–H and O–H groups in total. The van der Waals surface area contributed by atoms with Crippen molar-refractivity contribution in [2.24, 2.45) is 0 Å². The summed E-state index contributed by atoms with van der Waals surface area (Å²) in [6.07, 6.45) is 2.43. The number of carbonyl (C=O) groups is 2. The Bertz CT molecular complexity index is 823. The molecule has 1 atom stereocenters. The van der Waals surface area contributed by atoms with Crippen LogP contribution in [0.25, 0.3) is 0 Å². The topological polar surface area (TPSA) is 58.6 Å². The van der Waals surface area contributed by atoms with E-state index < -0.39 is 6.04 Å². The number of nitrogens with zero attached hydrogens (tertiary/aromatic N) is 1. The molecule has 2 aromatic rings. The first-order valence-electron chi connectivity index (χ1n) is 10.5. The average Bonchev–Trinajstić information content (AvgIpc) is 2.74. The molecular weight excluding hydrogens is 400 g/mol. The Kier molecular flexibility index (Phi) is 9.68. The van der Waals surface area contributed by atoms with E-state index in [4.69, 9.17) is 16.3 Å². The van der Waals surface area contributed by atoms with Crippen LogP contribution in [0, 0.1) is 6.92 Å². The molecule has 1 unspecified atom stereocenters. The molecule has 162 valence electrons. The van der Waals surface area contributed by atoms with Gasteiger partial charge in [0.05, 0.1) is 0 Å². The number of amides is 2. The lowest BCUT2D eigenvalue weighted by molar-refractivity contribution is -0.143. The summed E-state index contributed by atoms with van der Waals surface area (Å²) in [6.45, 7) is 6.82. The lowest BCUT2D eigenvalue weighted by atomic mass is 10.1. The summed E-state index contributed by atoms with van der Waals surface area (Å²) in [6, 6.07) is 14.2. The molecule has 5 nitrogen and oxygen atoms in total. The second kappa shape index (κ2) is 12.2. The van der Waals surface area contributed by atoms with E-state index in [-0.39, 0.29) is 18.4 Å². The number of hydrogen-bond donors (Lipinski definition) is 1. The van der Waals surface area contributed by atoms with Crippen molar-refractivity contribution in [3.8, 4) is 5.75 Å². The Morgan fingerprint density at radius 1 is 1.10 bits per heavy atom. The summed E-state index contributed by atoms with van der Waals surface area (Å²) in [5.74, 6) is 0.203. The highest BCUT2D eigenvalue weighted by Gasteiger charge is 2.29. The van der Waals surface area contributed by atoms with Crippen molar-refractivity contribution in [3.63, 3.8) is 0 Å². The zero-order valence-electron chi connectivity index (χ0n) is 18.0. The van der Waals surface area contributed by atoms with Crippen LogP contribution in [0.5, 0.6) is 5.75 Å². The molecule has 0 saturated carbocycles. The van der Waals surface area contributed by atoms with Crippen molar-refractivity contribution in [1.29, 1.82) is 0 Å². The molecule has 2 amide bonds. The van der Waals surface area contributed by atoms with Crippen LogP contribution in [0.2, 0.25) is 5.02 Å². The number of nitrogens with one attached hydrogen (secondary N) is 1. The molecule has 30 heavy (non-hydrogen) atoms. The standard InChI is InChI=1S/C24H31ClN2O3/c1-4-6-15-26-24(29)22(5-2)27(16-19-10-8-7-9-18(19)3)23(28)17-30-21-13-11-20(25)12-14-21/h7-14,22H,4-6,15-17H2,1-3H3,(H,26,29). The number of unbranched alkanes of at least 4 members (excludes halogenated alkanes) is 1. The SMILES string of the molecule is CCCCNC(=O)C(CC)N(Cc1ccccc1C)C(=O)COc1ccc(Cl)cc1. The third kappa shape index (κ3) is 7.06. The van der Waals surface area contributed by atoms with Crippen LogP contribution in [0.1, 0.15) is 44.2 Å². The smallest absolute Gasteiger partial charge is 0.261 e. The minimum absolute atomic E-state index is 0.126. The number of carbonyl (C=O) groups excluding carboxylic acids is 2. The average molecular weight is 431 g/mol. The largest absolute Gasteiger partial charge is 0.484 e. The van der Waals surface area contributed by atoms with Gasteiger partial charge in [-0.3, -0.25) is 9.59 Å². The fourth-order valence-corrected chi connectivity index (χ4v) is 3.28. The maximum absolute atomic E-state index is 13.1. The van der Waals surface area contributed by atoms with Crippen molar-refractivity contribution in [2.45, 2.75) is 52.6 Å². The summed E-state index contributed by atoms with van der Waals surface area (Å²) in [5.41, 5.74) is 2.09. The number of benzene rings is 2. The number of halogens is 1. The van der Waals surface area contributed by atoms with E-state index in [1.165, 1.54) is 0 Å². The Hall–Kier alpha value is -2.53. The minimum atomic E-state index is -0.553. The van der Waals surface area contributed by atoms with Crippen LogP contribution in [0.3, 0.4) is 0 Å². The van der Waals surface area contributed by atoms with Crippen LogP contribution in [0.15, 0.2) is 48.5 Å². The summed E-state index contributed by atoms with van der Waals surface area (Å²) >= 11 is 5.90. The molecule has 2 rings (SSSR count). The zero-order valence-corrected chi connectivity index (χ0v) is 18.7. The number of aryl methyl sites for hydroxylation is 1. The van der Waals surface area contributed by atoms with Crippen LogP contribution >= 0.6 is 11.6 Å². The third-order valence-corrected chi connectivity index (χ3v) is 5.25. The summed E-state index contributed by atoms with van der Waals surface area (Å²) < 4.78 is 5.66. The number of hydrogen-bond acceptors (Lipinski definition) is 3. The molecule has 0 aliphatic carbocycles. The van der Waals surface area contributed by atoms with Crippen molar-refractivity contribution >= 4 is 23.4 Å². The second-order valence-corrected chi connectivity index (χ2v) is 7.70. The van der Waals surface area contributed by atoms with Gasteiger partial charge in [-0.15, -0.1) is 0 Å². The van der Waals surface area contributed by atoms with Crippen LogP contribution < -0.4 is 10.1 Å². The number of ether oxygens (including phenoxy) is 1. The molecule has 0 saturated heterocycles. The van der Waals surface area contributed by atoms with Crippen LogP contribution in [0.4, 0.5) is 0 Å². The molecule has 0 aliphatic heterocycles. The normalized spacial score (nSPS) is 11.6. The third-order valence-electron chi connectivity index (χ3n) is 4.99. The van der Waals surface area contributed by atoms with Gasteiger partial charge < -0.3 is 15.0 Å². The molecule has 2 aromatic carbocycles. The first-order valence-corrected chi connectivity index (χ1v) is 10.8. The van der Waals surface area contributed by atoms with Gasteiger partial charge in [-0.1, -0.05) is 56.1 Å². The summed E-state index contributed by atoms with van der Waals surface area (Å²) in [5, 5.41) is 3.56. The van der Waals surface area contributed by atoms with Gasteiger partial charge in [-0.2, -0.15) is 0 Å². The lowest BCUT2D eigenvalue weighted by Gasteiger charge is -2.31. The highest BCUT2D eigenvalue weighted by molar-refractivity contribution is 6.30. The second-order valence-electron chi connectivity index (χ2n) is 7.26. The molecule has 0 aromatic heterocycles. The highest BCUT2D eigenvalue weighted by Crippen LogP contribution is 2.18. The molecular formula is C24H31ClN2O3. The van der Waals surface area contributed by atoms with Crippen LogP contribution in [-0.2, 0) is 16.1 Å². The fraction of sp³-hybridized carbons (Fsp3) is 0.417. The first-order chi connectivity index (χ1) is 14.5. The van der Waals surface area contributed by atoms with Gasteiger partial charge in [0, 0.05) is 18.1 Å². The van der Waals surface area contributed by atoms with Crippen molar-refractivity contribution in [2.75, 3.05) is 13.2 Å². The van der Waals surface area contributed by atoms with Gasteiger partial charge in [-0.05, 0) is 55.2 Å². The molecule has 0 bridgehead atoms. The van der Waals surface area contributed by atoms with Gasteiger partial charge in [-0.25, -0.2) is 0 Å². The van der Waals surface area contributed by atoms with Crippen molar-refractivity contribution < 1.29 is 14.3 Å². The van der Waals surface area contributed by atoms with Crippen molar-refractivity contribution in [1.82, 2.24) is 10.2 Å². The molecule has 0 heterocycles. The van der Waals surface area contributed by atoms with E-state index >= 15 is 0 Å². The van der Waals surface area contributed by atoms with Gasteiger partial charge in [0.2, 0.25) is 5.91 Å². The molecule has 0 fully saturated rings. The van der Waals surface area contributed by atoms with Gasteiger partial charge in [0.15, 0.2) is 6.61 Å². The van der Waals surface area contributed by atoms with Crippen LogP contribution in [-0.4, -0.2) is 35.9 Å². The van der Waals surface area contributed by atoms with E-state index in [1.54, 1.807) is 29.2 Å². The molecule has 0 spiro atoms. The Morgan fingerprint density at radius 3 is 2.43 bits per heavy atom. The molecule has 0 aliphatic rings. The van der Waals surface area contributed by atoms with Gasteiger partial charge in [0.1, 0.15) is 11.8 Å². The Morgan fingerprint density at radius 2 is 1.80 bits per heavy atom. The molecule has 6 heteroatoms. The predicted molar refractivity (Wildman–Crippen MR) is 121 cm³/mol. The quantitative estimate of drug-likeness (QED) is 0.523. The zero-order chi connectivity index (χ0) is 21.9. The maximum atomic E-state index is 13.1. The van der Waals surface area contributed by atoms with E-state index in [9.17, 15) is 9.59 Å². The fourth-order valence-electron chi connectivity index (χ4n) is 3.16. The minimum Gasteiger partial charge on any atom is -0.484 e. The van der Waals surface area contributed by atoms with Gasteiger partial charge >= 0.3 is 0 Å². The van der Waals surface area contributed by atoms with E-state index in [0.717, 1.165) is 24.0 Å². The van der Waals surface area contributed by atoms with E-state index in [0.29, 0.717) is 30.3 Å². The van der Waals surface area contributed by atoms with E-state index in [1.807, 2.05) is 38.1 Å². The first kappa shape index (κ1) is 23.7. The summed E-state index contributed by atoms with van der Waals surface area (Å²) in [7, 11) is 0. The monoisotopic (exact) mass is 430 g/mol. The lowest BCUT2D eigenvalue weighted by Crippen LogP contribution is -2.50. The van der Waals surface area contributed by atoms with E-state index in [2.05, 4.69) is 12.2 Å². The maximum Gasteiger partial charge on any atom is 0.261 e. The molecule has 0 radical (unpaired) electrons. The highest BCUT2D eigenvalue weighted by atomic mass is 35.5. The number of rotatable bonds is 11. The summed E-state index contributed by atoms with van der Waals surface area (Å²) in [4.78, 5) is 27.6.